The molecule has 2 aromatic rings. The SMILES string of the molecule is CCOc1ccccc1/C=C/C(=O)OC(C)C(=O)Nc1ccc(F)c([N+](=O)[O-])c1. The average Bonchev–Trinajstić information content (AvgIpc) is 2.68. The molecule has 2 rings (SSSR count). The summed E-state index contributed by atoms with van der Waals surface area (Å²) in [6.07, 6.45) is 1.48. The minimum Gasteiger partial charge on any atom is -0.493 e. The van der Waals surface area contributed by atoms with Crippen LogP contribution in [0, 0.1) is 15.9 Å². The van der Waals surface area contributed by atoms with Gasteiger partial charge in [0.25, 0.3) is 5.91 Å². The Hall–Kier alpha value is -3.75. The first kappa shape index (κ1) is 21.5. The zero-order valence-corrected chi connectivity index (χ0v) is 15.8. The van der Waals surface area contributed by atoms with Crippen LogP contribution in [-0.2, 0) is 14.3 Å². The van der Waals surface area contributed by atoms with Crippen molar-refractivity contribution in [1.29, 1.82) is 0 Å². The molecule has 0 spiro atoms. The second kappa shape index (κ2) is 9.98. The Morgan fingerprint density at radius 3 is 2.69 bits per heavy atom. The maximum absolute atomic E-state index is 13.3. The first-order chi connectivity index (χ1) is 13.8. The molecule has 0 aromatic heterocycles. The molecule has 9 heteroatoms. The molecule has 0 aliphatic rings. The zero-order chi connectivity index (χ0) is 21.4. The molecular formula is C20H19FN2O6. The molecule has 2 aromatic carbocycles. The fourth-order valence-corrected chi connectivity index (χ4v) is 2.30. The largest absolute Gasteiger partial charge is 0.493 e. The van der Waals surface area contributed by atoms with E-state index in [0.717, 1.165) is 18.2 Å². The van der Waals surface area contributed by atoms with Crippen LogP contribution in [0.1, 0.15) is 19.4 Å². The van der Waals surface area contributed by atoms with Crippen LogP contribution in [0.2, 0.25) is 0 Å². The predicted molar refractivity (Wildman–Crippen MR) is 104 cm³/mol. The Kier molecular flexibility index (Phi) is 7.41. The van der Waals surface area contributed by atoms with Crippen LogP contribution in [0.25, 0.3) is 6.08 Å². The van der Waals surface area contributed by atoms with Crippen molar-refractivity contribution in [3.05, 3.63) is 70.0 Å². The third kappa shape index (κ3) is 6.13. The Morgan fingerprint density at radius 2 is 2.00 bits per heavy atom. The third-order valence-corrected chi connectivity index (χ3v) is 3.69. The van der Waals surface area contributed by atoms with E-state index in [2.05, 4.69) is 5.32 Å². The summed E-state index contributed by atoms with van der Waals surface area (Å²) in [7, 11) is 0. The molecule has 0 aliphatic carbocycles. The summed E-state index contributed by atoms with van der Waals surface area (Å²) in [6.45, 7) is 3.64. The molecule has 0 bridgehead atoms. The summed E-state index contributed by atoms with van der Waals surface area (Å²) < 4.78 is 23.8. The first-order valence-corrected chi connectivity index (χ1v) is 8.67. The van der Waals surface area contributed by atoms with E-state index >= 15 is 0 Å². The number of anilines is 1. The number of para-hydroxylation sites is 1. The third-order valence-electron chi connectivity index (χ3n) is 3.69. The van der Waals surface area contributed by atoms with Crippen LogP contribution in [0.15, 0.2) is 48.5 Å². The van der Waals surface area contributed by atoms with Crippen LogP contribution >= 0.6 is 0 Å². The standard InChI is InChI=1S/C20H19FN2O6/c1-3-28-18-7-5-4-6-14(18)8-11-19(24)29-13(2)20(25)22-15-9-10-16(21)17(12-15)23(26)27/h4-13H,3H2,1-2H3,(H,22,25)/b11-8+. The molecule has 0 heterocycles. The number of amides is 1. The topological polar surface area (TPSA) is 108 Å². The van der Waals surface area contributed by atoms with E-state index in [1.807, 2.05) is 6.92 Å². The summed E-state index contributed by atoms with van der Waals surface area (Å²) in [5.41, 5.74) is -0.0995. The Morgan fingerprint density at radius 1 is 1.28 bits per heavy atom. The van der Waals surface area contributed by atoms with Crippen molar-refractivity contribution in [2.75, 3.05) is 11.9 Å². The maximum atomic E-state index is 13.3. The van der Waals surface area contributed by atoms with Crippen molar-refractivity contribution < 1.29 is 28.4 Å². The highest BCUT2D eigenvalue weighted by molar-refractivity contribution is 5.96. The van der Waals surface area contributed by atoms with Gasteiger partial charge < -0.3 is 14.8 Å². The number of halogens is 1. The fourth-order valence-electron chi connectivity index (χ4n) is 2.30. The van der Waals surface area contributed by atoms with Gasteiger partial charge in [-0.25, -0.2) is 4.79 Å². The molecule has 1 amide bonds. The fraction of sp³-hybridized carbons (Fsp3) is 0.200. The number of ether oxygens (including phenoxy) is 2. The van der Waals surface area contributed by atoms with Crippen molar-refractivity contribution in [2.45, 2.75) is 20.0 Å². The summed E-state index contributed by atoms with van der Waals surface area (Å²) in [5.74, 6) is -1.90. The van der Waals surface area contributed by atoms with Crippen molar-refractivity contribution in [3.63, 3.8) is 0 Å². The van der Waals surface area contributed by atoms with Crippen LogP contribution in [0.4, 0.5) is 15.8 Å². The molecule has 0 saturated heterocycles. The highest BCUT2D eigenvalue weighted by Crippen LogP contribution is 2.22. The second-order valence-corrected chi connectivity index (χ2v) is 5.80. The van der Waals surface area contributed by atoms with Gasteiger partial charge in [-0.3, -0.25) is 14.9 Å². The molecule has 0 fully saturated rings. The second-order valence-electron chi connectivity index (χ2n) is 5.80. The minimum absolute atomic E-state index is 0.00665. The summed E-state index contributed by atoms with van der Waals surface area (Å²) in [6, 6.07) is 10.0. The zero-order valence-electron chi connectivity index (χ0n) is 15.8. The highest BCUT2D eigenvalue weighted by atomic mass is 19.1. The smallest absolute Gasteiger partial charge is 0.331 e. The normalized spacial score (nSPS) is 11.7. The molecule has 8 nitrogen and oxygen atoms in total. The van der Waals surface area contributed by atoms with Crippen LogP contribution < -0.4 is 10.1 Å². The quantitative estimate of drug-likeness (QED) is 0.312. The molecule has 29 heavy (non-hydrogen) atoms. The molecule has 1 N–H and O–H groups in total. The van der Waals surface area contributed by atoms with Crippen molar-refractivity contribution in [1.82, 2.24) is 0 Å². The summed E-state index contributed by atoms with van der Waals surface area (Å²) in [5, 5.41) is 13.1. The molecule has 1 atom stereocenters. The van der Waals surface area contributed by atoms with E-state index in [9.17, 15) is 24.1 Å². The Labute approximate surface area is 166 Å². The van der Waals surface area contributed by atoms with Crippen LogP contribution in [0.3, 0.4) is 0 Å². The van der Waals surface area contributed by atoms with Crippen LogP contribution in [-0.4, -0.2) is 29.5 Å². The molecular weight excluding hydrogens is 383 g/mol. The van der Waals surface area contributed by atoms with E-state index in [1.165, 1.54) is 19.1 Å². The van der Waals surface area contributed by atoms with Gasteiger partial charge in [-0.05, 0) is 38.1 Å². The lowest BCUT2D eigenvalue weighted by Gasteiger charge is -2.12. The van der Waals surface area contributed by atoms with Crippen molar-refractivity contribution in [2.24, 2.45) is 0 Å². The first-order valence-electron chi connectivity index (χ1n) is 8.67. The predicted octanol–water partition coefficient (Wildman–Crippen LogP) is 3.72. The van der Waals surface area contributed by atoms with Gasteiger partial charge >= 0.3 is 11.7 Å². The molecule has 1 unspecified atom stereocenters. The van der Waals surface area contributed by atoms with Gasteiger partial charge in [0, 0.05) is 23.4 Å². The van der Waals surface area contributed by atoms with Gasteiger partial charge in [-0.2, -0.15) is 4.39 Å². The lowest BCUT2D eigenvalue weighted by molar-refractivity contribution is -0.387. The number of hydrogen-bond donors (Lipinski definition) is 1. The van der Waals surface area contributed by atoms with Gasteiger partial charge in [0.1, 0.15) is 5.75 Å². The minimum atomic E-state index is -1.18. The van der Waals surface area contributed by atoms with E-state index < -0.39 is 34.4 Å². The van der Waals surface area contributed by atoms with Gasteiger partial charge in [-0.15, -0.1) is 0 Å². The van der Waals surface area contributed by atoms with Gasteiger partial charge in [0.05, 0.1) is 11.5 Å². The number of nitro benzene ring substituents is 1. The number of carbonyl (C=O) groups excluding carboxylic acids is 2. The van der Waals surface area contributed by atoms with Crippen LogP contribution in [0.5, 0.6) is 5.75 Å². The molecule has 152 valence electrons. The number of nitro groups is 1. The lowest BCUT2D eigenvalue weighted by atomic mass is 10.2. The van der Waals surface area contributed by atoms with Crippen molar-refractivity contribution >= 4 is 29.3 Å². The summed E-state index contributed by atoms with van der Waals surface area (Å²) in [4.78, 5) is 34.0. The number of esters is 1. The maximum Gasteiger partial charge on any atom is 0.331 e. The number of carbonyl (C=O) groups is 2. The number of nitrogens with zero attached hydrogens (tertiary/aromatic N) is 1. The van der Waals surface area contributed by atoms with E-state index in [1.54, 1.807) is 24.3 Å². The number of hydrogen-bond acceptors (Lipinski definition) is 6. The lowest BCUT2D eigenvalue weighted by Crippen LogP contribution is -2.29. The number of rotatable bonds is 8. The Bertz CT molecular complexity index is 944. The number of nitrogens with one attached hydrogen (secondary N) is 1. The van der Waals surface area contributed by atoms with E-state index in [0.29, 0.717) is 17.9 Å². The monoisotopic (exact) mass is 402 g/mol. The van der Waals surface area contributed by atoms with Crippen molar-refractivity contribution in [3.8, 4) is 5.75 Å². The average molecular weight is 402 g/mol. The van der Waals surface area contributed by atoms with E-state index in [4.69, 9.17) is 9.47 Å². The Balaban J connectivity index is 1.98. The van der Waals surface area contributed by atoms with Gasteiger partial charge in [0.2, 0.25) is 5.82 Å². The highest BCUT2D eigenvalue weighted by Gasteiger charge is 2.19. The molecule has 0 saturated carbocycles. The molecule has 0 radical (unpaired) electrons. The van der Waals surface area contributed by atoms with Gasteiger partial charge in [0.15, 0.2) is 6.10 Å². The van der Waals surface area contributed by atoms with E-state index in [-0.39, 0.29) is 5.69 Å². The summed E-state index contributed by atoms with van der Waals surface area (Å²) >= 11 is 0. The molecule has 0 aliphatic heterocycles. The number of benzene rings is 2. The van der Waals surface area contributed by atoms with Gasteiger partial charge in [-0.1, -0.05) is 18.2 Å².